The van der Waals surface area contributed by atoms with Crippen molar-refractivity contribution in [3.8, 4) is 28.4 Å². The van der Waals surface area contributed by atoms with E-state index in [9.17, 15) is 14.7 Å². The second-order valence-corrected chi connectivity index (χ2v) is 9.60. The summed E-state index contributed by atoms with van der Waals surface area (Å²) in [7, 11) is 1.62. The highest BCUT2D eigenvalue weighted by molar-refractivity contribution is 7.99. The van der Waals surface area contributed by atoms with Gasteiger partial charge in [0.2, 0.25) is 0 Å². The minimum Gasteiger partial charge on any atom is -0.505 e. The summed E-state index contributed by atoms with van der Waals surface area (Å²) in [5.41, 5.74) is 2.96. The van der Waals surface area contributed by atoms with Crippen molar-refractivity contribution in [2.45, 2.75) is 22.6 Å². The normalized spacial score (nSPS) is 12.2. The van der Waals surface area contributed by atoms with Gasteiger partial charge in [0.1, 0.15) is 16.0 Å². The summed E-state index contributed by atoms with van der Waals surface area (Å²) in [4.78, 5) is 27.9. The van der Waals surface area contributed by atoms with Gasteiger partial charge >= 0.3 is 5.63 Å². The number of aromatic hydroxyl groups is 1. The highest BCUT2D eigenvalue weighted by atomic mass is 32.2. The number of nitrogens with zero attached hydrogens (tertiary/aromatic N) is 1. The largest absolute Gasteiger partial charge is 0.505 e. The molecular weight excluding hydrogens is 474 g/mol. The van der Waals surface area contributed by atoms with E-state index in [1.54, 1.807) is 11.7 Å². The monoisotopic (exact) mass is 495 g/mol. The van der Waals surface area contributed by atoms with Crippen LogP contribution in [-0.2, 0) is 12.8 Å². The fourth-order valence-electron chi connectivity index (χ4n) is 4.80. The molecule has 0 spiro atoms. The first-order valence-electron chi connectivity index (χ1n) is 11.5. The fraction of sp³-hybridized carbons (Fsp3) is 0.103. The van der Waals surface area contributed by atoms with Gasteiger partial charge in [-0.05, 0) is 60.9 Å². The number of aryl methyl sites for hydroxylation is 2. The quantitative estimate of drug-likeness (QED) is 0.351. The van der Waals surface area contributed by atoms with Gasteiger partial charge in [-0.1, -0.05) is 48.2 Å². The summed E-state index contributed by atoms with van der Waals surface area (Å²) in [5.74, 6) is 0.381. The molecule has 2 aromatic heterocycles. The number of benzene rings is 3. The van der Waals surface area contributed by atoms with Crippen molar-refractivity contribution < 1.29 is 14.3 Å². The van der Waals surface area contributed by atoms with E-state index in [2.05, 4.69) is 0 Å². The summed E-state index contributed by atoms with van der Waals surface area (Å²) in [6.45, 7) is 0. The average Bonchev–Trinajstić information content (AvgIpc) is 2.91. The molecule has 5 aromatic rings. The number of aromatic nitrogens is 1. The van der Waals surface area contributed by atoms with Crippen molar-refractivity contribution in [1.29, 1.82) is 0 Å². The Hall–Kier alpha value is -4.23. The van der Waals surface area contributed by atoms with Crippen molar-refractivity contribution in [2.75, 3.05) is 7.11 Å². The van der Waals surface area contributed by atoms with Crippen LogP contribution < -0.4 is 15.9 Å². The van der Waals surface area contributed by atoms with Crippen LogP contribution in [0.4, 0.5) is 0 Å². The van der Waals surface area contributed by atoms with Crippen molar-refractivity contribution >= 4 is 22.7 Å². The lowest BCUT2D eigenvalue weighted by molar-refractivity contribution is 0.414. The number of rotatable bonds is 4. The Kier molecular flexibility index (Phi) is 5.42. The van der Waals surface area contributed by atoms with Gasteiger partial charge in [0.15, 0.2) is 11.3 Å². The summed E-state index contributed by atoms with van der Waals surface area (Å²) < 4.78 is 12.8. The molecule has 1 N–H and O–H groups in total. The fourth-order valence-corrected chi connectivity index (χ4v) is 5.66. The van der Waals surface area contributed by atoms with Gasteiger partial charge in [-0.3, -0.25) is 9.36 Å². The van der Waals surface area contributed by atoms with Gasteiger partial charge in [0.25, 0.3) is 5.56 Å². The zero-order valence-corrected chi connectivity index (χ0v) is 20.2. The Morgan fingerprint density at radius 1 is 0.944 bits per heavy atom. The van der Waals surface area contributed by atoms with Crippen molar-refractivity contribution in [1.82, 2.24) is 4.57 Å². The van der Waals surface area contributed by atoms with E-state index in [4.69, 9.17) is 9.15 Å². The Balaban J connectivity index is 1.71. The zero-order chi connectivity index (χ0) is 24.8. The molecule has 6 nitrogen and oxygen atoms in total. The van der Waals surface area contributed by atoms with Gasteiger partial charge < -0.3 is 14.3 Å². The van der Waals surface area contributed by atoms with E-state index < -0.39 is 11.2 Å². The van der Waals surface area contributed by atoms with Crippen LogP contribution in [0.15, 0.2) is 103 Å². The second kappa shape index (κ2) is 8.77. The topological polar surface area (TPSA) is 81.7 Å². The summed E-state index contributed by atoms with van der Waals surface area (Å²) in [6.07, 6.45) is 1.21. The predicted molar refractivity (Wildman–Crippen MR) is 140 cm³/mol. The van der Waals surface area contributed by atoms with Crippen LogP contribution in [0.25, 0.3) is 27.9 Å². The Labute approximate surface area is 210 Å². The Morgan fingerprint density at radius 2 is 1.67 bits per heavy atom. The molecule has 0 aliphatic heterocycles. The van der Waals surface area contributed by atoms with E-state index >= 15 is 0 Å². The van der Waals surface area contributed by atoms with Crippen LogP contribution in [0.3, 0.4) is 0 Å². The van der Waals surface area contributed by atoms with Crippen molar-refractivity contribution in [2.24, 2.45) is 0 Å². The molecule has 0 amide bonds. The maximum Gasteiger partial charge on any atom is 0.354 e. The number of ether oxygens (including phenoxy) is 1. The van der Waals surface area contributed by atoms with Gasteiger partial charge in [0, 0.05) is 21.7 Å². The number of pyridine rings is 1. The van der Waals surface area contributed by atoms with Crippen LogP contribution in [0.1, 0.15) is 11.1 Å². The molecule has 7 heteroatoms. The predicted octanol–water partition coefficient (Wildman–Crippen LogP) is 5.57. The first kappa shape index (κ1) is 22.2. The van der Waals surface area contributed by atoms with Gasteiger partial charge in [-0.25, -0.2) is 4.79 Å². The van der Waals surface area contributed by atoms with Crippen LogP contribution in [0.2, 0.25) is 0 Å². The highest BCUT2D eigenvalue weighted by Gasteiger charge is 2.29. The van der Waals surface area contributed by atoms with Crippen LogP contribution >= 0.6 is 11.8 Å². The first-order chi connectivity index (χ1) is 17.6. The minimum atomic E-state index is -0.673. The minimum absolute atomic E-state index is 0.00703. The Bertz CT molecular complexity index is 1740. The average molecular weight is 496 g/mol. The molecule has 178 valence electrons. The van der Waals surface area contributed by atoms with E-state index in [1.165, 1.54) is 0 Å². The third kappa shape index (κ3) is 3.51. The number of methoxy groups -OCH3 is 1. The van der Waals surface area contributed by atoms with Crippen LogP contribution in [0, 0.1) is 0 Å². The lowest BCUT2D eigenvalue weighted by Crippen LogP contribution is -2.25. The Morgan fingerprint density at radius 3 is 2.39 bits per heavy atom. The third-order valence-electron chi connectivity index (χ3n) is 6.45. The second-order valence-electron chi connectivity index (χ2n) is 8.51. The first-order valence-corrected chi connectivity index (χ1v) is 12.3. The zero-order valence-electron chi connectivity index (χ0n) is 19.4. The molecular formula is C29H21NO5S. The van der Waals surface area contributed by atoms with Crippen molar-refractivity contribution in [3.63, 3.8) is 0 Å². The van der Waals surface area contributed by atoms with E-state index in [1.807, 2.05) is 78.9 Å². The lowest BCUT2D eigenvalue weighted by atomic mass is 9.87. The van der Waals surface area contributed by atoms with Crippen LogP contribution in [-0.4, -0.2) is 16.8 Å². The number of hydrogen-bond donors (Lipinski definition) is 1. The van der Waals surface area contributed by atoms with E-state index in [-0.39, 0.29) is 21.6 Å². The molecule has 1 aliphatic carbocycles. The molecule has 0 atom stereocenters. The molecule has 0 unspecified atom stereocenters. The third-order valence-corrected chi connectivity index (χ3v) is 7.52. The molecule has 0 bridgehead atoms. The molecule has 2 heterocycles. The van der Waals surface area contributed by atoms with Gasteiger partial charge in [0.05, 0.1) is 12.8 Å². The summed E-state index contributed by atoms with van der Waals surface area (Å²) in [6, 6.07) is 24.2. The van der Waals surface area contributed by atoms with Crippen LogP contribution in [0.5, 0.6) is 11.5 Å². The molecule has 0 saturated carbocycles. The number of fused-ring (bicyclic) bond motifs is 5. The molecule has 1 aliphatic rings. The molecule has 3 aromatic carbocycles. The maximum atomic E-state index is 14.1. The number of hydrogen-bond acceptors (Lipinski definition) is 6. The molecule has 0 radical (unpaired) electrons. The number of para-hydroxylation sites is 1. The smallest absolute Gasteiger partial charge is 0.354 e. The molecule has 0 saturated heterocycles. The molecule has 36 heavy (non-hydrogen) atoms. The molecule has 6 rings (SSSR count). The summed E-state index contributed by atoms with van der Waals surface area (Å²) >= 11 is 1.08. The highest BCUT2D eigenvalue weighted by Crippen LogP contribution is 2.42. The summed E-state index contributed by atoms with van der Waals surface area (Å²) in [5, 5.41) is 11.3. The molecule has 0 fully saturated rings. The van der Waals surface area contributed by atoms with Gasteiger partial charge in [-0.15, -0.1) is 0 Å². The lowest BCUT2D eigenvalue weighted by Gasteiger charge is -2.25. The van der Waals surface area contributed by atoms with Crippen molar-refractivity contribution in [3.05, 3.63) is 111 Å². The SMILES string of the molecule is COc1ccc2c(c1)CCc1c-2n(-c2ccccc2)c(=O)c2c(O)c(Sc3ccccc3)c(=O)oc12. The van der Waals surface area contributed by atoms with Gasteiger partial charge in [-0.2, -0.15) is 0 Å². The van der Waals surface area contributed by atoms with E-state index in [0.717, 1.165) is 39.1 Å². The standard InChI is InChI=1S/C29H21NO5S/c1-34-19-13-15-21-17(16-19)12-14-22-24(21)30(18-8-4-2-5-9-18)28(32)23-25(31)27(29(33)35-26(22)23)36-20-10-6-3-7-11-20/h2-11,13,15-16,31H,12,14H2,1H3. The maximum absolute atomic E-state index is 14.1. The van der Waals surface area contributed by atoms with E-state index in [0.29, 0.717) is 24.2 Å².